The number of ether oxygens (including phenoxy) is 1. The molecule has 1 spiro atoms. The van der Waals surface area contributed by atoms with Crippen LogP contribution in [0, 0.1) is 22.7 Å². The van der Waals surface area contributed by atoms with Crippen molar-refractivity contribution in [1.29, 1.82) is 5.26 Å². The number of carbonyl (C=O) groups excluding carboxylic acids is 3. The Hall–Kier alpha value is -3.08. The molecule has 8 nitrogen and oxygen atoms in total. The van der Waals surface area contributed by atoms with E-state index >= 15 is 0 Å². The molecule has 1 saturated heterocycles. The lowest BCUT2D eigenvalue weighted by molar-refractivity contribution is -0.136. The lowest BCUT2D eigenvalue weighted by Gasteiger charge is -2.43. The maximum absolute atomic E-state index is 13.1. The minimum Gasteiger partial charge on any atom is -0.479 e. The van der Waals surface area contributed by atoms with Gasteiger partial charge in [-0.3, -0.25) is 14.5 Å². The number of benzene rings is 1. The second kappa shape index (κ2) is 7.74. The molecule has 2 atom stereocenters. The van der Waals surface area contributed by atoms with Gasteiger partial charge in [0.1, 0.15) is 23.9 Å². The highest BCUT2D eigenvalue weighted by Crippen LogP contribution is 2.46. The largest absolute Gasteiger partial charge is 0.479 e. The van der Waals surface area contributed by atoms with Gasteiger partial charge in [0.2, 0.25) is 5.91 Å². The fourth-order valence-electron chi connectivity index (χ4n) is 4.74. The predicted octanol–water partition coefficient (Wildman–Crippen LogP) is 2.66. The van der Waals surface area contributed by atoms with Gasteiger partial charge in [-0.15, -0.1) is 0 Å². The molecule has 3 rings (SSSR count). The average Bonchev–Trinajstić information content (AvgIpc) is 2.82. The lowest BCUT2D eigenvalue weighted by atomic mass is 9.64. The van der Waals surface area contributed by atoms with Gasteiger partial charge in [-0.2, -0.15) is 5.26 Å². The van der Waals surface area contributed by atoms with Gasteiger partial charge in [0.15, 0.2) is 6.61 Å². The zero-order valence-electron chi connectivity index (χ0n) is 16.9. The van der Waals surface area contributed by atoms with Crippen molar-refractivity contribution in [3.8, 4) is 11.8 Å². The van der Waals surface area contributed by atoms with Crippen molar-refractivity contribution in [2.45, 2.75) is 45.6 Å². The molecule has 2 fully saturated rings. The molecule has 154 valence electrons. The van der Waals surface area contributed by atoms with Gasteiger partial charge >= 0.3 is 6.03 Å². The number of rotatable bonds is 5. The average molecular weight is 398 g/mol. The van der Waals surface area contributed by atoms with Gasteiger partial charge < -0.3 is 15.4 Å². The molecule has 0 bridgehead atoms. The van der Waals surface area contributed by atoms with Crippen molar-refractivity contribution in [2.75, 3.05) is 18.5 Å². The van der Waals surface area contributed by atoms with E-state index in [1.54, 1.807) is 24.3 Å². The van der Waals surface area contributed by atoms with E-state index < -0.39 is 17.5 Å². The third-order valence-electron chi connectivity index (χ3n) is 5.37. The summed E-state index contributed by atoms with van der Waals surface area (Å²) in [5.41, 5.74) is -0.472. The van der Waals surface area contributed by atoms with E-state index in [2.05, 4.69) is 31.4 Å². The quantitative estimate of drug-likeness (QED) is 0.741. The zero-order valence-corrected chi connectivity index (χ0v) is 16.9. The summed E-state index contributed by atoms with van der Waals surface area (Å²) in [4.78, 5) is 39.0. The van der Waals surface area contributed by atoms with Crippen LogP contribution < -0.4 is 15.4 Å². The first-order valence-corrected chi connectivity index (χ1v) is 9.68. The van der Waals surface area contributed by atoms with Gasteiger partial charge in [-0.25, -0.2) is 4.79 Å². The first-order chi connectivity index (χ1) is 13.6. The van der Waals surface area contributed by atoms with Gasteiger partial charge in [-0.05, 0) is 54.9 Å². The molecule has 1 aromatic carbocycles. The van der Waals surface area contributed by atoms with Crippen molar-refractivity contribution >= 4 is 23.5 Å². The van der Waals surface area contributed by atoms with Crippen molar-refractivity contribution in [3.05, 3.63) is 24.3 Å². The van der Waals surface area contributed by atoms with E-state index in [1.165, 1.54) is 0 Å². The summed E-state index contributed by atoms with van der Waals surface area (Å²) in [6.45, 7) is 5.89. The van der Waals surface area contributed by atoms with E-state index in [0.717, 1.165) is 11.3 Å². The monoisotopic (exact) mass is 398 g/mol. The number of hydrogen-bond donors (Lipinski definition) is 2. The summed E-state index contributed by atoms with van der Waals surface area (Å²) in [6, 6.07) is 7.87. The second-order valence-electron chi connectivity index (χ2n) is 8.78. The van der Waals surface area contributed by atoms with Crippen molar-refractivity contribution in [1.82, 2.24) is 10.2 Å². The number of hydrogen-bond acceptors (Lipinski definition) is 5. The molecule has 1 saturated carbocycles. The Balaban J connectivity index is 1.64. The highest BCUT2D eigenvalue weighted by atomic mass is 16.5. The highest BCUT2D eigenvalue weighted by Gasteiger charge is 2.56. The number of nitriles is 1. The Labute approximate surface area is 170 Å². The van der Waals surface area contributed by atoms with Crippen LogP contribution in [0.25, 0.3) is 0 Å². The lowest BCUT2D eigenvalue weighted by Crippen LogP contribution is -2.54. The molecule has 2 N–H and O–H groups in total. The highest BCUT2D eigenvalue weighted by molar-refractivity contribution is 6.10. The molecular weight excluding hydrogens is 372 g/mol. The van der Waals surface area contributed by atoms with E-state index in [9.17, 15) is 14.4 Å². The van der Waals surface area contributed by atoms with E-state index in [1.807, 2.05) is 6.07 Å². The van der Waals surface area contributed by atoms with Crippen LogP contribution in [-0.2, 0) is 9.59 Å². The van der Waals surface area contributed by atoms with Gasteiger partial charge in [0.05, 0.1) is 0 Å². The molecule has 1 aliphatic carbocycles. The molecule has 0 aromatic heterocycles. The van der Waals surface area contributed by atoms with Crippen LogP contribution in [0.4, 0.5) is 10.5 Å². The predicted molar refractivity (Wildman–Crippen MR) is 106 cm³/mol. The molecule has 1 aliphatic heterocycles. The maximum Gasteiger partial charge on any atom is 0.325 e. The Morgan fingerprint density at radius 1 is 1.31 bits per heavy atom. The minimum absolute atomic E-state index is 0.0605. The first kappa shape index (κ1) is 20.6. The maximum atomic E-state index is 13.1. The van der Waals surface area contributed by atoms with Crippen molar-refractivity contribution in [3.63, 3.8) is 0 Å². The van der Waals surface area contributed by atoms with E-state index in [4.69, 9.17) is 10.00 Å². The number of nitrogens with one attached hydrogen (secondary N) is 2. The smallest absolute Gasteiger partial charge is 0.325 e. The standard InChI is InChI=1S/C21H26N4O4/c1-14-10-20(2,3)13-21(11-14)18(27)25(19(28)24-21)12-17(26)23-15-4-6-16(7-5-15)29-9-8-22/h4-7,14H,9-13H2,1-3H3,(H,23,26)(H,24,28). The third-order valence-corrected chi connectivity index (χ3v) is 5.37. The normalized spacial score (nSPS) is 25.4. The summed E-state index contributed by atoms with van der Waals surface area (Å²) >= 11 is 0. The van der Waals surface area contributed by atoms with Crippen LogP contribution in [0.2, 0.25) is 0 Å². The number of carbonyl (C=O) groups is 3. The molecule has 4 amide bonds. The van der Waals surface area contributed by atoms with Crippen LogP contribution in [0.3, 0.4) is 0 Å². The molecule has 2 aliphatic rings. The Morgan fingerprint density at radius 2 is 2.00 bits per heavy atom. The number of anilines is 1. The van der Waals surface area contributed by atoms with Crippen molar-refractivity contribution < 1.29 is 19.1 Å². The molecule has 29 heavy (non-hydrogen) atoms. The van der Waals surface area contributed by atoms with Gasteiger partial charge in [-0.1, -0.05) is 20.8 Å². The molecule has 1 aromatic rings. The molecule has 8 heteroatoms. The summed E-state index contributed by atoms with van der Waals surface area (Å²) in [5.74, 6) is 0.0325. The first-order valence-electron chi connectivity index (χ1n) is 9.68. The fraction of sp³-hybridized carbons (Fsp3) is 0.524. The molecular formula is C21H26N4O4. The molecule has 2 unspecified atom stereocenters. The Morgan fingerprint density at radius 3 is 2.62 bits per heavy atom. The van der Waals surface area contributed by atoms with Crippen LogP contribution in [0.5, 0.6) is 5.75 Å². The van der Waals surface area contributed by atoms with E-state index in [-0.39, 0.29) is 24.5 Å². The number of urea groups is 1. The SMILES string of the molecule is CC1CC(C)(C)CC2(C1)NC(=O)N(CC(=O)Nc1ccc(OCC#N)cc1)C2=O. The Bertz CT molecular complexity index is 858. The van der Waals surface area contributed by atoms with Crippen LogP contribution in [-0.4, -0.2) is 41.4 Å². The zero-order chi connectivity index (χ0) is 21.2. The van der Waals surface area contributed by atoms with Crippen LogP contribution in [0.15, 0.2) is 24.3 Å². The van der Waals surface area contributed by atoms with E-state index in [0.29, 0.717) is 30.2 Å². The van der Waals surface area contributed by atoms with Crippen LogP contribution >= 0.6 is 0 Å². The number of imide groups is 1. The molecule has 0 radical (unpaired) electrons. The van der Waals surface area contributed by atoms with Gasteiger partial charge in [0, 0.05) is 5.69 Å². The minimum atomic E-state index is -0.918. The van der Waals surface area contributed by atoms with Crippen molar-refractivity contribution in [2.24, 2.45) is 11.3 Å². The summed E-state index contributed by atoms with van der Waals surface area (Å²) in [7, 11) is 0. The number of nitrogens with zero attached hydrogens (tertiary/aromatic N) is 2. The molecule has 1 heterocycles. The van der Waals surface area contributed by atoms with Gasteiger partial charge in [0.25, 0.3) is 5.91 Å². The topological polar surface area (TPSA) is 112 Å². The fourth-order valence-corrected chi connectivity index (χ4v) is 4.74. The summed E-state index contributed by atoms with van der Waals surface area (Å²) in [5, 5.41) is 14.1. The van der Waals surface area contributed by atoms with Crippen LogP contribution in [0.1, 0.15) is 40.0 Å². The second-order valence-corrected chi connectivity index (χ2v) is 8.78. The summed E-state index contributed by atoms with van der Waals surface area (Å²) in [6.07, 6.45) is 2.15. The third kappa shape index (κ3) is 4.50. The summed E-state index contributed by atoms with van der Waals surface area (Å²) < 4.78 is 5.16. The Kier molecular flexibility index (Phi) is 5.51. The number of amides is 4.